The van der Waals surface area contributed by atoms with Gasteiger partial charge in [-0.3, -0.25) is 0 Å². The fraction of sp³-hybridized carbons (Fsp3) is 0.700. The third kappa shape index (κ3) is 4.57. The molecule has 0 saturated heterocycles. The molecule has 0 heterocycles. The number of hydrogen-bond donors (Lipinski definition) is 2. The first-order valence-electron chi connectivity index (χ1n) is 9.07. The summed E-state index contributed by atoms with van der Waals surface area (Å²) in [5.74, 6) is 0.372. The molecule has 1 aliphatic carbocycles. The van der Waals surface area contributed by atoms with Crippen molar-refractivity contribution in [2.75, 3.05) is 6.61 Å². The van der Waals surface area contributed by atoms with E-state index in [9.17, 15) is 5.11 Å². The molecule has 1 aromatic carbocycles. The van der Waals surface area contributed by atoms with Crippen LogP contribution in [0.4, 0.5) is 0 Å². The van der Waals surface area contributed by atoms with Crippen molar-refractivity contribution in [2.24, 2.45) is 11.7 Å². The van der Waals surface area contributed by atoms with Gasteiger partial charge in [0.25, 0.3) is 0 Å². The van der Waals surface area contributed by atoms with Gasteiger partial charge in [0.15, 0.2) is 0 Å². The maximum absolute atomic E-state index is 9.47. The van der Waals surface area contributed by atoms with Crippen LogP contribution in [0.25, 0.3) is 0 Å². The molecule has 0 bridgehead atoms. The van der Waals surface area contributed by atoms with Crippen molar-refractivity contribution >= 4 is 0 Å². The van der Waals surface area contributed by atoms with Crippen molar-refractivity contribution in [1.29, 1.82) is 0 Å². The van der Waals surface area contributed by atoms with Crippen LogP contribution in [0.15, 0.2) is 18.2 Å². The van der Waals surface area contributed by atoms with E-state index in [4.69, 9.17) is 5.73 Å². The van der Waals surface area contributed by atoms with E-state index in [0.717, 1.165) is 12.8 Å². The smallest absolute Gasteiger partial charge is 0.0611 e. The monoisotopic (exact) mass is 303 g/mol. The molecule has 0 aromatic heterocycles. The number of rotatable bonds is 9. The van der Waals surface area contributed by atoms with Gasteiger partial charge >= 0.3 is 0 Å². The lowest BCUT2D eigenvalue weighted by Crippen LogP contribution is -2.48. The lowest BCUT2D eigenvalue weighted by atomic mass is 9.85. The second kappa shape index (κ2) is 8.12. The van der Waals surface area contributed by atoms with Crippen LogP contribution < -0.4 is 5.73 Å². The molecule has 22 heavy (non-hydrogen) atoms. The first-order chi connectivity index (χ1) is 10.6. The number of aliphatic hydroxyl groups excluding tert-OH is 1. The van der Waals surface area contributed by atoms with Crippen LogP contribution in [0, 0.1) is 5.92 Å². The number of nitrogens with two attached hydrogens (primary N) is 1. The SMILES string of the molecule is CCCCCCCCc1ccc2c(c1)C[C@@H]([C@@](C)(N)CO)C2. The summed E-state index contributed by atoms with van der Waals surface area (Å²) in [4.78, 5) is 0. The van der Waals surface area contributed by atoms with Crippen LogP contribution in [-0.4, -0.2) is 17.3 Å². The normalized spacial score (nSPS) is 19.9. The Morgan fingerprint density at radius 2 is 1.77 bits per heavy atom. The summed E-state index contributed by atoms with van der Waals surface area (Å²) in [5.41, 5.74) is 10.1. The average molecular weight is 303 g/mol. The molecule has 124 valence electrons. The van der Waals surface area contributed by atoms with Gasteiger partial charge in [0, 0.05) is 5.54 Å². The first-order valence-corrected chi connectivity index (χ1v) is 9.07. The number of aryl methyl sites for hydroxylation is 1. The molecular weight excluding hydrogens is 270 g/mol. The van der Waals surface area contributed by atoms with Gasteiger partial charge in [0.1, 0.15) is 0 Å². The van der Waals surface area contributed by atoms with Crippen LogP contribution in [0.5, 0.6) is 0 Å². The number of fused-ring (bicyclic) bond motifs is 1. The Labute approximate surface area is 136 Å². The minimum atomic E-state index is -0.460. The van der Waals surface area contributed by atoms with Crippen LogP contribution in [0.3, 0.4) is 0 Å². The average Bonchev–Trinajstić information content (AvgIpc) is 2.95. The molecular formula is C20H33NO. The maximum Gasteiger partial charge on any atom is 0.0611 e. The van der Waals surface area contributed by atoms with E-state index in [1.807, 2.05) is 6.92 Å². The quantitative estimate of drug-likeness (QED) is 0.677. The van der Waals surface area contributed by atoms with Crippen molar-refractivity contribution < 1.29 is 5.11 Å². The third-order valence-electron chi connectivity index (χ3n) is 5.30. The van der Waals surface area contributed by atoms with Gasteiger partial charge in [0.2, 0.25) is 0 Å². The minimum Gasteiger partial charge on any atom is -0.394 e. The molecule has 0 radical (unpaired) electrons. The van der Waals surface area contributed by atoms with E-state index in [2.05, 4.69) is 25.1 Å². The van der Waals surface area contributed by atoms with Gasteiger partial charge in [-0.15, -0.1) is 0 Å². The zero-order chi connectivity index (χ0) is 16.0. The molecule has 2 nitrogen and oxygen atoms in total. The van der Waals surface area contributed by atoms with E-state index < -0.39 is 5.54 Å². The van der Waals surface area contributed by atoms with E-state index in [-0.39, 0.29) is 6.61 Å². The van der Waals surface area contributed by atoms with Crippen LogP contribution >= 0.6 is 0 Å². The van der Waals surface area contributed by atoms with Crippen LogP contribution in [0.2, 0.25) is 0 Å². The van der Waals surface area contributed by atoms with E-state index in [1.165, 1.54) is 61.6 Å². The second-order valence-electron chi connectivity index (χ2n) is 7.39. The molecule has 0 aliphatic heterocycles. The molecule has 0 amide bonds. The number of unbranched alkanes of at least 4 members (excludes halogenated alkanes) is 5. The fourth-order valence-corrected chi connectivity index (χ4v) is 3.53. The molecule has 0 saturated carbocycles. The molecule has 1 aromatic rings. The zero-order valence-electron chi connectivity index (χ0n) is 14.4. The molecule has 2 atom stereocenters. The fourth-order valence-electron chi connectivity index (χ4n) is 3.53. The molecule has 0 unspecified atom stereocenters. The van der Waals surface area contributed by atoms with Crippen molar-refractivity contribution in [3.63, 3.8) is 0 Å². The van der Waals surface area contributed by atoms with Crippen molar-refractivity contribution in [3.8, 4) is 0 Å². The molecule has 1 aliphatic rings. The third-order valence-corrected chi connectivity index (χ3v) is 5.30. The summed E-state index contributed by atoms with van der Waals surface area (Å²) in [7, 11) is 0. The van der Waals surface area contributed by atoms with Crippen LogP contribution in [-0.2, 0) is 19.3 Å². The lowest BCUT2D eigenvalue weighted by molar-refractivity contribution is 0.158. The standard InChI is InChI=1S/C20H33NO/c1-3-4-5-6-7-8-9-16-10-11-17-13-19(14-18(17)12-16)20(2,21)15-22/h10-12,19,22H,3-9,13-15,21H2,1-2H3/t19-,20-/m0/s1. The summed E-state index contributed by atoms with van der Waals surface area (Å²) in [6.07, 6.45) is 11.4. The van der Waals surface area contributed by atoms with Gasteiger partial charge < -0.3 is 10.8 Å². The maximum atomic E-state index is 9.47. The number of hydrogen-bond acceptors (Lipinski definition) is 2. The topological polar surface area (TPSA) is 46.2 Å². The Kier molecular flexibility index (Phi) is 6.46. The lowest BCUT2D eigenvalue weighted by Gasteiger charge is -2.29. The summed E-state index contributed by atoms with van der Waals surface area (Å²) >= 11 is 0. The molecule has 0 fully saturated rings. The van der Waals surface area contributed by atoms with Gasteiger partial charge in [-0.05, 0) is 55.2 Å². The summed E-state index contributed by atoms with van der Waals surface area (Å²) in [5, 5.41) is 9.47. The van der Waals surface area contributed by atoms with E-state index in [1.54, 1.807) is 0 Å². The molecule has 3 N–H and O–H groups in total. The Balaban J connectivity index is 1.83. The molecule has 0 spiro atoms. The van der Waals surface area contributed by atoms with Gasteiger partial charge in [-0.2, -0.15) is 0 Å². The number of aliphatic hydroxyl groups is 1. The van der Waals surface area contributed by atoms with Crippen molar-refractivity contribution in [2.45, 2.75) is 77.2 Å². The number of benzene rings is 1. The summed E-state index contributed by atoms with van der Waals surface area (Å²) in [6.45, 7) is 4.30. The predicted molar refractivity (Wildman–Crippen MR) is 94.1 cm³/mol. The highest BCUT2D eigenvalue weighted by Gasteiger charge is 2.34. The largest absolute Gasteiger partial charge is 0.394 e. The highest BCUT2D eigenvalue weighted by molar-refractivity contribution is 5.37. The predicted octanol–water partition coefficient (Wildman–Crippen LogP) is 4.01. The second-order valence-corrected chi connectivity index (χ2v) is 7.39. The Hall–Kier alpha value is -0.860. The summed E-state index contributed by atoms with van der Waals surface area (Å²) in [6, 6.07) is 6.96. The molecule has 2 rings (SSSR count). The Morgan fingerprint density at radius 3 is 2.50 bits per heavy atom. The van der Waals surface area contributed by atoms with E-state index in [0.29, 0.717) is 5.92 Å². The highest BCUT2D eigenvalue weighted by Crippen LogP contribution is 2.33. The Morgan fingerprint density at radius 1 is 1.09 bits per heavy atom. The van der Waals surface area contributed by atoms with Crippen LogP contribution in [0.1, 0.15) is 69.1 Å². The van der Waals surface area contributed by atoms with Gasteiger partial charge in [0.05, 0.1) is 6.61 Å². The van der Waals surface area contributed by atoms with Crippen molar-refractivity contribution in [3.05, 3.63) is 34.9 Å². The summed E-state index contributed by atoms with van der Waals surface area (Å²) < 4.78 is 0. The Bertz CT molecular complexity index is 467. The first kappa shape index (κ1) is 17.5. The highest BCUT2D eigenvalue weighted by atomic mass is 16.3. The zero-order valence-corrected chi connectivity index (χ0v) is 14.4. The van der Waals surface area contributed by atoms with Gasteiger partial charge in [-0.1, -0.05) is 57.2 Å². The van der Waals surface area contributed by atoms with Crippen molar-refractivity contribution in [1.82, 2.24) is 0 Å². The van der Waals surface area contributed by atoms with E-state index >= 15 is 0 Å². The molecule has 2 heteroatoms. The van der Waals surface area contributed by atoms with Gasteiger partial charge in [-0.25, -0.2) is 0 Å². The minimum absolute atomic E-state index is 0.0657.